The molecule has 1 aliphatic rings. The molecule has 1 aromatic carbocycles. The summed E-state index contributed by atoms with van der Waals surface area (Å²) in [4.78, 5) is 32.0. The first-order valence-electron chi connectivity index (χ1n) is 8.24. The van der Waals surface area contributed by atoms with E-state index in [9.17, 15) is 14.0 Å². The fourth-order valence-electron chi connectivity index (χ4n) is 3.17. The number of carbonyl (C=O) groups excluding carboxylic acids is 1. The molecular weight excluding hydrogens is 377 g/mol. The number of rotatable bonds is 3. The molecule has 26 heavy (non-hydrogen) atoms. The van der Waals surface area contributed by atoms with Gasteiger partial charge in [-0.3, -0.25) is 14.2 Å². The molecule has 0 bridgehead atoms. The van der Waals surface area contributed by atoms with Crippen molar-refractivity contribution in [3.05, 3.63) is 51.1 Å². The monoisotopic (exact) mass is 391 g/mol. The minimum atomic E-state index is -0.512. The Kier molecular flexibility index (Phi) is 4.50. The van der Waals surface area contributed by atoms with Gasteiger partial charge in [-0.05, 0) is 30.5 Å². The average Bonchev–Trinajstić information content (AvgIpc) is 3.29. The molecule has 0 radical (unpaired) electrons. The lowest BCUT2D eigenvalue weighted by molar-refractivity contribution is -0.130. The highest BCUT2D eigenvalue weighted by molar-refractivity contribution is 7.17. The first kappa shape index (κ1) is 17.2. The third-order valence-electron chi connectivity index (χ3n) is 4.56. The lowest BCUT2D eigenvalue weighted by Gasteiger charge is -2.15. The quantitative estimate of drug-likeness (QED) is 0.686. The summed E-state index contributed by atoms with van der Waals surface area (Å²) in [6.07, 6.45) is 3.41. The number of nitrogens with zero attached hydrogens (tertiary/aromatic N) is 3. The maximum Gasteiger partial charge on any atom is 0.263 e. The van der Waals surface area contributed by atoms with Crippen LogP contribution in [0.5, 0.6) is 0 Å². The lowest BCUT2D eigenvalue weighted by Crippen LogP contribution is -2.34. The van der Waals surface area contributed by atoms with Crippen LogP contribution in [0.15, 0.2) is 34.7 Å². The largest absolute Gasteiger partial charge is 0.341 e. The minimum absolute atomic E-state index is 0.00437. The van der Waals surface area contributed by atoms with Crippen molar-refractivity contribution in [2.75, 3.05) is 13.1 Å². The average molecular weight is 392 g/mol. The highest BCUT2D eigenvalue weighted by atomic mass is 35.5. The maximum atomic E-state index is 13.4. The van der Waals surface area contributed by atoms with Crippen LogP contribution in [0, 0.1) is 5.82 Å². The second kappa shape index (κ2) is 6.81. The molecule has 0 atom stereocenters. The summed E-state index contributed by atoms with van der Waals surface area (Å²) in [5.74, 6) is -0.589. The first-order chi connectivity index (χ1) is 12.5. The van der Waals surface area contributed by atoms with Gasteiger partial charge in [-0.1, -0.05) is 17.7 Å². The number of likely N-dealkylation sites (tertiary alicyclic amines) is 1. The summed E-state index contributed by atoms with van der Waals surface area (Å²) in [5, 5.41) is 2.22. The van der Waals surface area contributed by atoms with E-state index in [1.165, 1.54) is 34.4 Å². The molecule has 1 fully saturated rings. The second-order valence-corrected chi connectivity index (χ2v) is 7.49. The topological polar surface area (TPSA) is 55.2 Å². The second-order valence-electron chi connectivity index (χ2n) is 6.22. The van der Waals surface area contributed by atoms with Crippen molar-refractivity contribution in [1.82, 2.24) is 14.5 Å². The van der Waals surface area contributed by atoms with Crippen LogP contribution in [0.2, 0.25) is 5.02 Å². The van der Waals surface area contributed by atoms with E-state index in [2.05, 4.69) is 4.98 Å². The fraction of sp³-hybridized carbons (Fsp3) is 0.278. The molecule has 3 aromatic rings. The zero-order chi connectivity index (χ0) is 18.3. The molecule has 3 heterocycles. The Labute approximate surface area is 157 Å². The molecule has 8 heteroatoms. The van der Waals surface area contributed by atoms with Crippen molar-refractivity contribution in [2.45, 2.75) is 19.4 Å². The van der Waals surface area contributed by atoms with Gasteiger partial charge in [0.2, 0.25) is 5.91 Å². The summed E-state index contributed by atoms with van der Waals surface area (Å²) in [6, 6.07) is 4.34. The number of amides is 1. The van der Waals surface area contributed by atoms with Crippen LogP contribution in [0.3, 0.4) is 0 Å². The Balaban J connectivity index is 1.75. The molecule has 5 nitrogen and oxygen atoms in total. The predicted molar refractivity (Wildman–Crippen MR) is 100 cm³/mol. The van der Waals surface area contributed by atoms with Crippen LogP contribution in [0.1, 0.15) is 12.8 Å². The van der Waals surface area contributed by atoms with Crippen LogP contribution in [-0.4, -0.2) is 33.4 Å². The van der Waals surface area contributed by atoms with E-state index in [0.29, 0.717) is 21.3 Å². The molecule has 1 aliphatic heterocycles. The smallest absolute Gasteiger partial charge is 0.263 e. The number of hydrogen-bond acceptors (Lipinski definition) is 4. The number of fused-ring (bicyclic) bond motifs is 1. The molecule has 0 spiro atoms. The van der Waals surface area contributed by atoms with Crippen molar-refractivity contribution in [1.29, 1.82) is 0 Å². The van der Waals surface area contributed by atoms with Crippen LogP contribution in [0.25, 0.3) is 21.3 Å². The lowest BCUT2D eigenvalue weighted by atomic mass is 10.1. The van der Waals surface area contributed by atoms with Crippen LogP contribution in [0.4, 0.5) is 4.39 Å². The number of halogens is 2. The zero-order valence-electron chi connectivity index (χ0n) is 13.7. The molecule has 1 amide bonds. The van der Waals surface area contributed by atoms with Crippen molar-refractivity contribution in [3.63, 3.8) is 0 Å². The van der Waals surface area contributed by atoms with Gasteiger partial charge in [-0.15, -0.1) is 11.3 Å². The standard InChI is InChI=1S/C18H15ClFN3O2S/c19-13-7-11(3-4-14(13)20)12-9-26-17-16(12)18(25)23(10-21-17)8-15(24)22-5-1-2-6-22/h3-4,7,9-10H,1-2,5-6,8H2. The van der Waals surface area contributed by atoms with Gasteiger partial charge in [0, 0.05) is 24.0 Å². The van der Waals surface area contributed by atoms with Crippen LogP contribution >= 0.6 is 22.9 Å². The maximum absolute atomic E-state index is 13.4. The van der Waals surface area contributed by atoms with Gasteiger partial charge in [-0.2, -0.15) is 0 Å². The van der Waals surface area contributed by atoms with E-state index in [1.807, 2.05) is 0 Å². The molecule has 0 aliphatic carbocycles. The molecule has 1 saturated heterocycles. The predicted octanol–water partition coefficient (Wildman–Crippen LogP) is 3.54. The molecule has 0 N–H and O–H groups in total. The van der Waals surface area contributed by atoms with Gasteiger partial charge in [-0.25, -0.2) is 9.37 Å². The molecule has 2 aromatic heterocycles. The van der Waals surface area contributed by atoms with Crippen molar-refractivity contribution >= 4 is 39.1 Å². The van der Waals surface area contributed by atoms with Gasteiger partial charge in [0.05, 0.1) is 16.7 Å². The van der Waals surface area contributed by atoms with Crippen molar-refractivity contribution < 1.29 is 9.18 Å². The normalized spacial score (nSPS) is 14.3. The van der Waals surface area contributed by atoms with E-state index in [1.54, 1.807) is 16.3 Å². The Bertz CT molecular complexity index is 1060. The summed E-state index contributed by atoms with van der Waals surface area (Å²) in [7, 11) is 0. The highest BCUT2D eigenvalue weighted by Gasteiger charge is 2.20. The number of benzene rings is 1. The summed E-state index contributed by atoms with van der Waals surface area (Å²) < 4.78 is 14.8. The van der Waals surface area contributed by atoms with Crippen molar-refractivity contribution in [3.8, 4) is 11.1 Å². The third-order valence-corrected chi connectivity index (χ3v) is 5.73. The van der Waals surface area contributed by atoms with E-state index >= 15 is 0 Å². The number of aromatic nitrogens is 2. The highest BCUT2D eigenvalue weighted by Crippen LogP contribution is 2.32. The summed E-state index contributed by atoms with van der Waals surface area (Å²) in [6.45, 7) is 1.45. The zero-order valence-corrected chi connectivity index (χ0v) is 15.3. The SMILES string of the molecule is O=C(Cn1cnc2scc(-c3ccc(F)c(Cl)c3)c2c1=O)N1CCCC1. The van der Waals surface area contributed by atoms with Gasteiger partial charge >= 0.3 is 0 Å². The van der Waals surface area contributed by atoms with Gasteiger partial charge in [0.25, 0.3) is 5.56 Å². The number of carbonyl (C=O) groups is 1. The van der Waals surface area contributed by atoms with Crippen molar-refractivity contribution in [2.24, 2.45) is 0 Å². The molecular formula is C18H15ClFN3O2S. The number of thiophene rings is 1. The molecule has 4 rings (SSSR count). The Hall–Kier alpha value is -2.25. The van der Waals surface area contributed by atoms with Gasteiger partial charge in [0.1, 0.15) is 17.2 Å². The van der Waals surface area contributed by atoms with E-state index in [0.717, 1.165) is 25.9 Å². The number of hydrogen-bond donors (Lipinski definition) is 0. The molecule has 0 unspecified atom stereocenters. The van der Waals surface area contributed by atoms with E-state index < -0.39 is 5.82 Å². The van der Waals surface area contributed by atoms with E-state index in [-0.39, 0.29) is 23.0 Å². The Morgan fingerprint density at radius 3 is 2.81 bits per heavy atom. The third kappa shape index (κ3) is 3.01. The van der Waals surface area contributed by atoms with Crippen LogP contribution < -0.4 is 5.56 Å². The summed E-state index contributed by atoms with van der Waals surface area (Å²) in [5.41, 5.74) is 1.01. The fourth-order valence-corrected chi connectivity index (χ4v) is 4.26. The summed E-state index contributed by atoms with van der Waals surface area (Å²) >= 11 is 7.20. The van der Waals surface area contributed by atoms with Gasteiger partial charge in [0.15, 0.2) is 0 Å². The molecule has 134 valence electrons. The van der Waals surface area contributed by atoms with Crippen LogP contribution in [-0.2, 0) is 11.3 Å². The molecule has 0 saturated carbocycles. The Morgan fingerprint density at radius 2 is 2.08 bits per heavy atom. The minimum Gasteiger partial charge on any atom is -0.341 e. The van der Waals surface area contributed by atoms with Gasteiger partial charge < -0.3 is 4.90 Å². The van der Waals surface area contributed by atoms with E-state index in [4.69, 9.17) is 11.6 Å². The Morgan fingerprint density at radius 1 is 1.31 bits per heavy atom. The first-order valence-corrected chi connectivity index (χ1v) is 9.50.